The first-order valence-corrected chi connectivity index (χ1v) is 7.35. The van der Waals surface area contributed by atoms with E-state index in [4.69, 9.17) is 4.74 Å². The maximum atomic E-state index is 12.7. The van der Waals surface area contributed by atoms with E-state index in [1.54, 1.807) is 18.2 Å². The van der Waals surface area contributed by atoms with Gasteiger partial charge in [0, 0.05) is 12.1 Å². The van der Waals surface area contributed by atoms with Crippen LogP contribution in [0.3, 0.4) is 0 Å². The van der Waals surface area contributed by atoms with Gasteiger partial charge in [-0.15, -0.1) is 0 Å². The normalized spacial score (nSPS) is 10.4. The van der Waals surface area contributed by atoms with Gasteiger partial charge < -0.3 is 15.2 Å². The molecule has 3 aromatic carbocycles. The maximum Gasteiger partial charge on any atom is 0.271 e. The molecule has 3 aromatic rings. The number of rotatable bonds is 4. The van der Waals surface area contributed by atoms with E-state index in [1.165, 1.54) is 31.4 Å². The van der Waals surface area contributed by atoms with Gasteiger partial charge in [0.25, 0.3) is 11.6 Å². The summed E-state index contributed by atoms with van der Waals surface area (Å²) in [5.74, 6) is -0.493. The summed E-state index contributed by atoms with van der Waals surface area (Å²) in [6.45, 7) is 0. The summed E-state index contributed by atoms with van der Waals surface area (Å²) in [6.07, 6.45) is 0. The van der Waals surface area contributed by atoms with E-state index in [2.05, 4.69) is 5.32 Å². The molecule has 25 heavy (non-hydrogen) atoms. The van der Waals surface area contributed by atoms with E-state index in [-0.39, 0.29) is 28.4 Å². The number of aromatic hydroxyl groups is 1. The number of fused-ring (bicyclic) bond motifs is 1. The highest BCUT2D eigenvalue weighted by molar-refractivity contribution is 6.15. The highest BCUT2D eigenvalue weighted by atomic mass is 16.6. The molecule has 0 aromatic heterocycles. The Balaban J connectivity index is 2.05. The Morgan fingerprint density at radius 1 is 1.16 bits per heavy atom. The number of hydrogen-bond donors (Lipinski definition) is 2. The van der Waals surface area contributed by atoms with Crippen LogP contribution in [0, 0.1) is 10.1 Å². The van der Waals surface area contributed by atoms with Crippen molar-refractivity contribution in [2.45, 2.75) is 0 Å². The number of hydrogen-bond acceptors (Lipinski definition) is 5. The Morgan fingerprint density at radius 2 is 1.92 bits per heavy atom. The first-order chi connectivity index (χ1) is 12.0. The van der Waals surface area contributed by atoms with Crippen molar-refractivity contribution in [2.75, 3.05) is 12.4 Å². The summed E-state index contributed by atoms with van der Waals surface area (Å²) >= 11 is 0. The van der Waals surface area contributed by atoms with Crippen molar-refractivity contribution in [1.29, 1.82) is 0 Å². The number of nitrogens with one attached hydrogen (secondary N) is 1. The van der Waals surface area contributed by atoms with Crippen molar-refractivity contribution < 1.29 is 19.6 Å². The summed E-state index contributed by atoms with van der Waals surface area (Å²) < 4.78 is 5.13. The molecule has 0 aliphatic carbocycles. The van der Waals surface area contributed by atoms with E-state index in [0.717, 1.165) is 5.39 Å². The topological polar surface area (TPSA) is 102 Å². The molecule has 0 bridgehead atoms. The van der Waals surface area contributed by atoms with Crippen molar-refractivity contribution in [3.8, 4) is 11.5 Å². The lowest BCUT2D eigenvalue weighted by Gasteiger charge is -2.12. The molecule has 7 nitrogen and oxygen atoms in total. The van der Waals surface area contributed by atoms with Gasteiger partial charge in [0.15, 0.2) is 0 Å². The molecule has 0 spiro atoms. The number of phenolic OH excluding ortho intramolecular Hbond substituents is 1. The number of carbonyl (C=O) groups is 1. The number of nitro groups is 1. The lowest BCUT2D eigenvalue weighted by Crippen LogP contribution is -2.13. The van der Waals surface area contributed by atoms with Gasteiger partial charge in [0.2, 0.25) is 0 Å². The first kappa shape index (κ1) is 16.3. The van der Waals surface area contributed by atoms with Crippen LogP contribution in [0.2, 0.25) is 0 Å². The van der Waals surface area contributed by atoms with Crippen LogP contribution in [-0.4, -0.2) is 23.0 Å². The Morgan fingerprint density at radius 3 is 2.64 bits per heavy atom. The van der Waals surface area contributed by atoms with Gasteiger partial charge in [-0.1, -0.05) is 30.3 Å². The lowest BCUT2D eigenvalue weighted by molar-refractivity contribution is -0.384. The van der Waals surface area contributed by atoms with Crippen molar-refractivity contribution in [3.63, 3.8) is 0 Å². The predicted molar refractivity (Wildman–Crippen MR) is 93.2 cm³/mol. The zero-order valence-electron chi connectivity index (χ0n) is 13.2. The monoisotopic (exact) mass is 338 g/mol. The summed E-state index contributed by atoms with van der Waals surface area (Å²) in [6, 6.07) is 14.1. The Labute approximate surface area is 142 Å². The summed E-state index contributed by atoms with van der Waals surface area (Å²) in [5.41, 5.74) is 0.0546. The minimum Gasteiger partial charge on any atom is -0.507 e. The summed E-state index contributed by atoms with van der Waals surface area (Å²) in [5, 5.41) is 25.0. The number of non-ortho nitro benzene ring substituents is 1. The number of amides is 1. The third-order valence-electron chi connectivity index (χ3n) is 3.78. The molecule has 0 aliphatic heterocycles. The van der Waals surface area contributed by atoms with Crippen molar-refractivity contribution in [1.82, 2.24) is 0 Å². The van der Waals surface area contributed by atoms with Crippen molar-refractivity contribution in [3.05, 3.63) is 70.3 Å². The number of carbonyl (C=O) groups excluding carboxylic acids is 1. The molecule has 0 unspecified atom stereocenters. The van der Waals surface area contributed by atoms with Gasteiger partial charge in [0.05, 0.1) is 23.3 Å². The third-order valence-corrected chi connectivity index (χ3v) is 3.78. The number of benzene rings is 3. The molecule has 0 fully saturated rings. The second-order valence-corrected chi connectivity index (χ2v) is 5.28. The SMILES string of the molecule is COc1ccc([N+](=O)[O-])cc1NC(=O)c1c(O)ccc2ccccc12. The van der Waals surface area contributed by atoms with Crippen LogP contribution in [0.1, 0.15) is 10.4 Å². The van der Waals surface area contributed by atoms with E-state index < -0.39 is 10.8 Å². The maximum absolute atomic E-state index is 12.7. The van der Waals surface area contributed by atoms with Crippen LogP contribution < -0.4 is 10.1 Å². The molecule has 0 aliphatic rings. The number of ether oxygens (including phenoxy) is 1. The van der Waals surface area contributed by atoms with E-state index in [1.807, 2.05) is 12.1 Å². The molecule has 2 N–H and O–H groups in total. The summed E-state index contributed by atoms with van der Waals surface area (Å²) in [4.78, 5) is 23.1. The van der Waals surface area contributed by atoms with Gasteiger partial charge in [-0.2, -0.15) is 0 Å². The molecule has 3 rings (SSSR count). The Kier molecular flexibility index (Phi) is 4.21. The zero-order chi connectivity index (χ0) is 18.0. The predicted octanol–water partition coefficient (Wildman–Crippen LogP) is 3.71. The molecular formula is C18H14N2O5. The fourth-order valence-electron chi connectivity index (χ4n) is 2.59. The van der Waals surface area contributed by atoms with Gasteiger partial charge in [-0.3, -0.25) is 14.9 Å². The molecule has 0 atom stereocenters. The number of nitro benzene ring substituents is 1. The fourth-order valence-corrected chi connectivity index (χ4v) is 2.59. The Hall–Kier alpha value is -3.61. The van der Waals surface area contributed by atoms with Crippen LogP contribution in [0.25, 0.3) is 10.8 Å². The molecule has 126 valence electrons. The molecule has 1 amide bonds. The van der Waals surface area contributed by atoms with Gasteiger partial charge in [0.1, 0.15) is 11.5 Å². The molecule has 0 saturated carbocycles. The summed E-state index contributed by atoms with van der Waals surface area (Å²) in [7, 11) is 1.40. The second-order valence-electron chi connectivity index (χ2n) is 5.28. The fraction of sp³-hybridized carbons (Fsp3) is 0.0556. The number of anilines is 1. The minimum atomic E-state index is -0.590. The Bertz CT molecular complexity index is 984. The van der Waals surface area contributed by atoms with E-state index >= 15 is 0 Å². The smallest absolute Gasteiger partial charge is 0.271 e. The van der Waals surface area contributed by atoms with E-state index in [0.29, 0.717) is 5.39 Å². The average Bonchev–Trinajstić information content (AvgIpc) is 2.61. The first-order valence-electron chi connectivity index (χ1n) is 7.35. The molecule has 0 heterocycles. The van der Waals surface area contributed by atoms with Crippen LogP contribution >= 0.6 is 0 Å². The van der Waals surface area contributed by atoms with Gasteiger partial charge in [-0.25, -0.2) is 0 Å². The quantitative estimate of drug-likeness (QED) is 0.558. The third kappa shape index (κ3) is 3.07. The molecule has 0 radical (unpaired) electrons. The highest BCUT2D eigenvalue weighted by Crippen LogP contribution is 2.32. The second kappa shape index (κ2) is 6.48. The number of phenols is 1. The number of methoxy groups -OCH3 is 1. The van der Waals surface area contributed by atoms with Crippen molar-refractivity contribution >= 4 is 28.1 Å². The molecule has 0 saturated heterocycles. The van der Waals surface area contributed by atoms with Gasteiger partial charge >= 0.3 is 0 Å². The minimum absolute atomic E-state index is 0.0895. The number of nitrogens with zero attached hydrogens (tertiary/aromatic N) is 1. The lowest BCUT2D eigenvalue weighted by atomic mass is 10.0. The van der Waals surface area contributed by atoms with Crippen LogP contribution in [0.4, 0.5) is 11.4 Å². The van der Waals surface area contributed by atoms with Crippen LogP contribution in [-0.2, 0) is 0 Å². The molecular weight excluding hydrogens is 324 g/mol. The molecule has 7 heteroatoms. The standard InChI is InChI=1S/C18H14N2O5/c1-25-16-9-7-12(20(23)24)10-14(16)19-18(22)17-13-5-3-2-4-11(13)6-8-15(17)21/h2-10,21H,1H3,(H,19,22). The van der Waals surface area contributed by atoms with Crippen LogP contribution in [0.15, 0.2) is 54.6 Å². The average molecular weight is 338 g/mol. The highest BCUT2D eigenvalue weighted by Gasteiger charge is 2.19. The zero-order valence-corrected chi connectivity index (χ0v) is 13.2. The van der Waals surface area contributed by atoms with E-state index in [9.17, 15) is 20.0 Å². The van der Waals surface area contributed by atoms with Crippen LogP contribution in [0.5, 0.6) is 11.5 Å². The largest absolute Gasteiger partial charge is 0.507 e. The van der Waals surface area contributed by atoms with Gasteiger partial charge in [-0.05, 0) is 22.9 Å². The van der Waals surface area contributed by atoms with Crippen molar-refractivity contribution in [2.24, 2.45) is 0 Å².